The van der Waals surface area contributed by atoms with E-state index < -0.39 is 30.1 Å². The second-order valence-electron chi connectivity index (χ2n) is 6.92. The van der Waals surface area contributed by atoms with Gasteiger partial charge in [-0.15, -0.1) is 0 Å². The van der Waals surface area contributed by atoms with Gasteiger partial charge in [0.15, 0.2) is 11.5 Å². The van der Waals surface area contributed by atoms with Gasteiger partial charge in [-0.25, -0.2) is 19.7 Å². The molecule has 0 bridgehead atoms. The van der Waals surface area contributed by atoms with Gasteiger partial charge < -0.3 is 35.2 Å². The van der Waals surface area contributed by atoms with Gasteiger partial charge in [-0.2, -0.15) is 0 Å². The van der Waals surface area contributed by atoms with Crippen LogP contribution in [0.1, 0.15) is 20.8 Å². The standard InChI is InChI=1S/C16H23N7O5.Na/c1-16(2,3)28-15(27)18-4-5-22(7-11(25)26)10(24)6-23-9-21-12-13(17)19-8-20-14(12)23;/h8-9H,4-7H2,1-3H3,(H,18,27)(H,25,26)(H2,17,19,20);/q;+1/p-1. The molecule has 2 aromatic heterocycles. The number of rotatable bonds is 7. The van der Waals surface area contributed by atoms with Gasteiger partial charge in [-0.1, -0.05) is 0 Å². The molecule has 0 saturated heterocycles. The third-order valence-electron chi connectivity index (χ3n) is 3.46. The number of anilines is 1. The summed E-state index contributed by atoms with van der Waals surface area (Å²) in [4.78, 5) is 48.1. The van der Waals surface area contributed by atoms with Gasteiger partial charge in [-0.05, 0) is 20.8 Å². The van der Waals surface area contributed by atoms with Crippen LogP contribution in [0.15, 0.2) is 12.7 Å². The van der Waals surface area contributed by atoms with Crippen LogP contribution in [0, 0.1) is 0 Å². The molecule has 0 fully saturated rings. The summed E-state index contributed by atoms with van der Waals surface area (Å²) in [5.41, 5.74) is 5.72. The van der Waals surface area contributed by atoms with Crippen molar-refractivity contribution in [2.75, 3.05) is 25.4 Å². The van der Waals surface area contributed by atoms with Crippen LogP contribution in [-0.2, 0) is 20.9 Å². The normalized spacial score (nSPS) is 10.9. The quantitative estimate of drug-likeness (QED) is 0.423. The fourth-order valence-corrected chi connectivity index (χ4v) is 2.32. The van der Waals surface area contributed by atoms with Crippen molar-refractivity contribution in [3.63, 3.8) is 0 Å². The monoisotopic (exact) mass is 415 g/mol. The summed E-state index contributed by atoms with van der Waals surface area (Å²) < 4.78 is 6.52. The minimum atomic E-state index is -1.42. The molecule has 2 amide bonds. The van der Waals surface area contributed by atoms with E-state index in [2.05, 4.69) is 20.3 Å². The minimum Gasteiger partial charge on any atom is -0.548 e. The summed E-state index contributed by atoms with van der Waals surface area (Å²) in [7, 11) is 0. The molecule has 12 nitrogen and oxygen atoms in total. The number of amides is 2. The van der Waals surface area contributed by atoms with Gasteiger partial charge in [0.1, 0.15) is 24.0 Å². The number of carbonyl (C=O) groups is 3. The zero-order chi connectivity index (χ0) is 20.9. The Morgan fingerprint density at radius 2 is 1.97 bits per heavy atom. The second kappa shape index (κ2) is 10.4. The average molecular weight is 415 g/mol. The molecule has 0 radical (unpaired) electrons. The fourth-order valence-electron chi connectivity index (χ4n) is 2.32. The van der Waals surface area contributed by atoms with Crippen molar-refractivity contribution in [3.05, 3.63) is 12.7 Å². The van der Waals surface area contributed by atoms with Gasteiger partial charge in [0, 0.05) is 13.1 Å². The van der Waals surface area contributed by atoms with Gasteiger partial charge in [-0.3, -0.25) is 4.79 Å². The fraction of sp³-hybridized carbons (Fsp3) is 0.500. The summed E-state index contributed by atoms with van der Waals surface area (Å²) in [6, 6.07) is 0. The molecule has 3 N–H and O–H groups in total. The van der Waals surface area contributed by atoms with E-state index in [1.54, 1.807) is 20.8 Å². The number of aliphatic carboxylic acids is 1. The number of nitrogen functional groups attached to an aromatic ring is 1. The molecule has 152 valence electrons. The van der Waals surface area contributed by atoms with Crippen LogP contribution in [0.2, 0.25) is 0 Å². The van der Waals surface area contributed by atoms with Gasteiger partial charge in [0.05, 0.1) is 18.8 Å². The van der Waals surface area contributed by atoms with E-state index >= 15 is 0 Å². The number of alkyl carbamates (subject to hydrolysis) is 1. The molecule has 2 heterocycles. The predicted molar refractivity (Wildman–Crippen MR) is 95.6 cm³/mol. The Bertz CT molecular complexity index is 880. The molecule has 0 aliphatic rings. The maximum absolute atomic E-state index is 12.5. The summed E-state index contributed by atoms with van der Waals surface area (Å²) >= 11 is 0. The molecule has 0 spiro atoms. The van der Waals surface area contributed by atoms with E-state index in [0.717, 1.165) is 4.90 Å². The summed E-state index contributed by atoms with van der Waals surface area (Å²) in [6.45, 7) is 4.26. The third-order valence-corrected chi connectivity index (χ3v) is 3.46. The van der Waals surface area contributed by atoms with Crippen molar-refractivity contribution >= 4 is 35.0 Å². The van der Waals surface area contributed by atoms with Crippen molar-refractivity contribution in [3.8, 4) is 0 Å². The first kappa shape index (κ1) is 24.6. The molecule has 29 heavy (non-hydrogen) atoms. The Hall–Kier alpha value is -2.44. The molecule has 0 saturated carbocycles. The van der Waals surface area contributed by atoms with Crippen molar-refractivity contribution in [1.29, 1.82) is 0 Å². The zero-order valence-corrected chi connectivity index (χ0v) is 18.8. The smallest absolute Gasteiger partial charge is 0.548 e. The van der Waals surface area contributed by atoms with Crippen LogP contribution in [0.4, 0.5) is 10.6 Å². The number of fused-ring (bicyclic) bond motifs is 1. The van der Waals surface area contributed by atoms with Crippen LogP contribution in [0.25, 0.3) is 11.2 Å². The number of imidazole rings is 1. The minimum absolute atomic E-state index is 0. The van der Waals surface area contributed by atoms with Crippen LogP contribution in [0.3, 0.4) is 0 Å². The molecular formula is C16H22N7NaO5. The molecule has 13 heteroatoms. The first-order valence-electron chi connectivity index (χ1n) is 8.42. The SMILES string of the molecule is CC(C)(C)OC(=O)NCCN(CC(=O)[O-])C(=O)Cn1cnc2c(N)ncnc21.[Na+]. The Morgan fingerprint density at radius 1 is 1.28 bits per heavy atom. The number of nitrogens with two attached hydrogens (primary N) is 1. The number of ether oxygens (including phenoxy) is 1. The summed E-state index contributed by atoms with van der Waals surface area (Å²) in [5, 5.41) is 13.5. The number of hydrogen-bond donors (Lipinski definition) is 2. The molecule has 0 atom stereocenters. The van der Waals surface area contributed by atoms with Crippen molar-refractivity contribution in [1.82, 2.24) is 29.7 Å². The maximum atomic E-state index is 12.5. The second-order valence-corrected chi connectivity index (χ2v) is 6.92. The summed E-state index contributed by atoms with van der Waals surface area (Å²) in [5.74, 6) is -1.77. The molecule has 0 aliphatic heterocycles. The number of carboxylic acids is 1. The molecule has 0 aromatic carbocycles. The zero-order valence-electron chi connectivity index (χ0n) is 16.8. The van der Waals surface area contributed by atoms with Crippen LogP contribution in [0.5, 0.6) is 0 Å². The molecule has 0 aliphatic carbocycles. The van der Waals surface area contributed by atoms with Crippen molar-refractivity contribution in [2.45, 2.75) is 32.9 Å². The first-order valence-corrected chi connectivity index (χ1v) is 8.42. The number of carbonyl (C=O) groups excluding carboxylic acids is 3. The average Bonchev–Trinajstić information content (AvgIpc) is 2.96. The molecule has 0 unspecified atom stereocenters. The van der Waals surface area contributed by atoms with Crippen LogP contribution >= 0.6 is 0 Å². The van der Waals surface area contributed by atoms with Gasteiger partial charge >= 0.3 is 35.7 Å². The van der Waals surface area contributed by atoms with Crippen molar-refractivity contribution in [2.24, 2.45) is 0 Å². The Kier molecular flexibility index (Phi) is 8.80. The van der Waals surface area contributed by atoms with Crippen LogP contribution < -0.4 is 45.7 Å². The number of hydrogen-bond acceptors (Lipinski definition) is 9. The van der Waals surface area contributed by atoms with E-state index in [4.69, 9.17) is 10.5 Å². The Morgan fingerprint density at radius 3 is 2.59 bits per heavy atom. The molecule has 2 rings (SSSR count). The van der Waals surface area contributed by atoms with E-state index in [9.17, 15) is 19.5 Å². The van der Waals surface area contributed by atoms with Crippen LogP contribution in [-0.4, -0.2) is 67.6 Å². The first-order chi connectivity index (χ1) is 13.1. The number of nitrogens with zero attached hydrogens (tertiary/aromatic N) is 5. The number of nitrogens with one attached hydrogen (secondary N) is 1. The predicted octanol–water partition coefficient (Wildman–Crippen LogP) is -4.48. The van der Waals surface area contributed by atoms with Gasteiger partial charge in [0.25, 0.3) is 0 Å². The topological polar surface area (TPSA) is 168 Å². The molecular weight excluding hydrogens is 393 g/mol. The largest absolute Gasteiger partial charge is 1.00 e. The Balaban J connectivity index is 0.00000420. The molecule has 2 aromatic rings. The Labute approximate surface area is 189 Å². The van der Waals surface area contributed by atoms with E-state index in [-0.39, 0.29) is 55.0 Å². The summed E-state index contributed by atoms with van der Waals surface area (Å²) in [6.07, 6.45) is 1.94. The van der Waals surface area contributed by atoms with E-state index in [1.165, 1.54) is 17.2 Å². The van der Waals surface area contributed by atoms with E-state index in [1.807, 2.05) is 0 Å². The third kappa shape index (κ3) is 7.48. The maximum Gasteiger partial charge on any atom is 1.00 e. The number of aromatic nitrogens is 4. The van der Waals surface area contributed by atoms with Crippen molar-refractivity contribution < 1.29 is 53.8 Å². The van der Waals surface area contributed by atoms with E-state index in [0.29, 0.717) is 11.2 Å². The van der Waals surface area contributed by atoms with Gasteiger partial charge in [0.2, 0.25) is 5.91 Å². The number of carboxylic acid groups (broad SMARTS) is 1.